The van der Waals surface area contributed by atoms with E-state index in [0.29, 0.717) is 0 Å². The molecule has 0 atom stereocenters. The predicted octanol–water partition coefficient (Wildman–Crippen LogP) is 2.64. The third-order valence-corrected chi connectivity index (χ3v) is 2.52. The van der Waals surface area contributed by atoms with Crippen LogP contribution in [0.1, 0.15) is 19.8 Å². The summed E-state index contributed by atoms with van der Waals surface area (Å²) in [5.41, 5.74) is 0. The molecule has 0 amide bonds. The molecule has 2 nitrogen and oxygen atoms in total. The van der Waals surface area contributed by atoms with Gasteiger partial charge in [0, 0.05) is 13.2 Å². The normalized spacial score (nSPS) is 9.62. The number of thiocarbonyl (C=S) groups is 1. The first-order valence-electron chi connectivity index (χ1n) is 4.61. The summed E-state index contributed by atoms with van der Waals surface area (Å²) in [4.78, 5) is 3.80. The molecule has 76 valence electrons. The van der Waals surface area contributed by atoms with Crippen molar-refractivity contribution < 1.29 is 4.74 Å². The van der Waals surface area contributed by atoms with Crippen molar-refractivity contribution in [3.63, 3.8) is 0 Å². The minimum Gasteiger partial charge on any atom is -0.381 e. The Labute approximate surface area is 90.1 Å². The quantitative estimate of drug-likeness (QED) is 0.338. The van der Waals surface area contributed by atoms with Gasteiger partial charge in [-0.2, -0.15) is 11.8 Å². The topological polar surface area (TPSA) is 21.6 Å². The number of thioether (sulfide) groups is 1. The van der Waals surface area contributed by atoms with Crippen molar-refractivity contribution in [2.45, 2.75) is 19.8 Å². The molecule has 0 aliphatic rings. The van der Waals surface area contributed by atoms with E-state index in [2.05, 4.69) is 29.3 Å². The smallest absolute Gasteiger partial charge is 0.0584 e. The van der Waals surface area contributed by atoms with E-state index >= 15 is 0 Å². The molecule has 0 saturated carbocycles. The molecule has 0 unspecified atom stereocenters. The SMILES string of the molecule is CCSCCCOCCCN=C=S. The molecule has 0 aromatic carbocycles. The highest BCUT2D eigenvalue weighted by Crippen LogP contribution is 2.00. The highest BCUT2D eigenvalue weighted by Gasteiger charge is 1.89. The van der Waals surface area contributed by atoms with Crippen molar-refractivity contribution >= 4 is 29.1 Å². The summed E-state index contributed by atoms with van der Waals surface area (Å²) in [5, 5.41) is 2.34. The fraction of sp³-hybridized carbons (Fsp3) is 0.889. The Morgan fingerprint density at radius 2 is 2.15 bits per heavy atom. The largest absolute Gasteiger partial charge is 0.381 e. The highest BCUT2D eigenvalue weighted by molar-refractivity contribution is 7.99. The van der Waals surface area contributed by atoms with Gasteiger partial charge in [-0.05, 0) is 36.6 Å². The van der Waals surface area contributed by atoms with E-state index in [4.69, 9.17) is 4.74 Å². The number of isothiocyanates is 1. The number of ether oxygens (including phenoxy) is 1. The molecule has 4 heteroatoms. The van der Waals surface area contributed by atoms with E-state index < -0.39 is 0 Å². The van der Waals surface area contributed by atoms with Crippen molar-refractivity contribution in [1.82, 2.24) is 0 Å². The van der Waals surface area contributed by atoms with Crippen molar-refractivity contribution in [1.29, 1.82) is 0 Å². The Kier molecular flexibility index (Phi) is 12.2. The zero-order valence-corrected chi connectivity index (χ0v) is 9.75. The molecule has 0 heterocycles. The van der Waals surface area contributed by atoms with E-state index in [-0.39, 0.29) is 0 Å². The second-order valence-electron chi connectivity index (χ2n) is 2.49. The summed E-state index contributed by atoms with van der Waals surface area (Å²) in [6.45, 7) is 4.58. The Morgan fingerprint density at radius 1 is 1.38 bits per heavy atom. The van der Waals surface area contributed by atoms with Gasteiger partial charge in [-0.1, -0.05) is 6.92 Å². The van der Waals surface area contributed by atoms with Crippen LogP contribution < -0.4 is 0 Å². The zero-order valence-electron chi connectivity index (χ0n) is 8.12. The van der Waals surface area contributed by atoms with E-state index in [0.717, 1.165) is 32.6 Å². The van der Waals surface area contributed by atoms with Crippen LogP contribution in [0.3, 0.4) is 0 Å². The third-order valence-electron chi connectivity index (χ3n) is 1.40. The number of hydrogen-bond donors (Lipinski definition) is 0. The number of aliphatic imine (C=N–C) groups is 1. The maximum atomic E-state index is 5.39. The van der Waals surface area contributed by atoms with E-state index in [1.165, 1.54) is 11.5 Å². The summed E-state index contributed by atoms with van der Waals surface area (Å²) in [5.74, 6) is 2.40. The summed E-state index contributed by atoms with van der Waals surface area (Å²) in [6.07, 6.45) is 2.10. The van der Waals surface area contributed by atoms with Crippen LogP contribution in [-0.2, 0) is 4.74 Å². The minimum absolute atomic E-state index is 0.743. The highest BCUT2D eigenvalue weighted by atomic mass is 32.2. The molecule has 0 fully saturated rings. The molecule has 0 aliphatic carbocycles. The van der Waals surface area contributed by atoms with Crippen LogP contribution in [0.2, 0.25) is 0 Å². The van der Waals surface area contributed by atoms with Gasteiger partial charge in [0.05, 0.1) is 11.7 Å². The first-order chi connectivity index (χ1) is 6.41. The molecule has 0 saturated heterocycles. The summed E-state index contributed by atoms with van der Waals surface area (Å²) in [7, 11) is 0. The zero-order chi connectivity index (χ0) is 9.78. The van der Waals surface area contributed by atoms with Gasteiger partial charge in [0.2, 0.25) is 0 Å². The summed E-state index contributed by atoms with van der Waals surface area (Å²) >= 11 is 6.40. The molecule has 0 bridgehead atoms. The third kappa shape index (κ3) is 12.1. The first kappa shape index (κ1) is 13.1. The van der Waals surface area contributed by atoms with Crippen molar-refractivity contribution in [2.24, 2.45) is 4.99 Å². The Hall–Kier alpha value is 0.110. The maximum absolute atomic E-state index is 5.39. The molecule has 0 aromatic heterocycles. The van der Waals surface area contributed by atoms with Crippen LogP contribution in [0.5, 0.6) is 0 Å². The molecule has 0 spiro atoms. The van der Waals surface area contributed by atoms with Crippen LogP contribution >= 0.6 is 24.0 Å². The monoisotopic (exact) mass is 219 g/mol. The second kappa shape index (κ2) is 12.1. The average Bonchev–Trinajstić information content (AvgIpc) is 2.16. The number of rotatable bonds is 9. The fourth-order valence-electron chi connectivity index (χ4n) is 0.801. The van der Waals surface area contributed by atoms with Gasteiger partial charge in [0.15, 0.2) is 0 Å². The van der Waals surface area contributed by atoms with Crippen molar-refractivity contribution in [2.75, 3.05) is 31.3 Å². The van der Waals surface area contributed by atoms with E-state index in [9.17, 15) is 0 Å². The lowest BCUT2D eigenvalue weighted by Crippen LogP contribution is -1.99. The average molecular weight is 219 g/mol. The van der Waals surface area contributed by atoms with Crippen LogP contribution in [0.25, 0.3) is 0 Å². The van der Waals surface area contributed by atoms with E-state index in [1.807, 2.05) is 11.8 Å². The van der Waals surface area contributed by atoms with Crippen molar-refractivity contribution in [3.8, 4) is 0 Å². The van der Waals surface area contributed by atoms with Gasteiger partial charge in [-0.25, -0.2) is 4.99 Å². The molecular formula is C9H17NOS2. The lowest BCUT2D eigenvalue weighted by Gasteiger charge is -2.01. The predicted molar refractivity (Wildman–Crippen MR) is 62.9 cm³/mol. The molecule has 0 rings (SSSR count). The molecular weight excluding hydrogens is 202 g/mol. The first-order valence-corrected chi connectivity index (χ1v) is 6.17. The Bertz CT molecular complexity index is 147. The van der Waals surface area contributed by atoms with Gasteiger partial charge in [-0.3, -0.25) is 0 Å². The summed E-state index contributed by atoms with van der Waals surface area (Å²) in [6, 6.07) is 0. The Balaban J connectivity index is 2.87. The standard InChI is InChI=1S/C9H17NOS2/c1-2-13-8-4-7-11-6-3-5-10-9-12/h2-8H2,1H3. The van der Waals surface area contributed by atoms with Gasteiger partial charge in [0.1, 0.15) is 0 Å². The van der Waals surface area contributed by atoms with Gasteiger partial charge < -0.3 is 4.74 Å². The maximum Gasteiger partial charge on any atom is 0.0584 e. The van der Waals surface area contributed by atoms with Gasteiger partial charge >= 0.3 is 0 Å². The second-order valence-corrected chi connectivity index (χ2v) is 4.07. The van der Waals surface area contributed by atoms with Crippen molar-refractivity contribution in [3.05, 3.63) is 0 Å². The molecule has 0 aliphatic heterocycles. The minimum atomic E-state index is 0.743. The van der Waals surface area contributed by atoms with Gasteiger partial charge in [0.25, 0.3) is 0 Å². The van der Waals surface area contributed by atoms with Crippen LogP contribution in [0.15, 0.2) is 4.99 Å². The lowest BCUT2D eigenvalue weighted by molar-refractivity contribution is 0.134. The summed E-state index contributed by atoms with van der Waals surface area (Å²) < 4.78 is 5.39. The molecule has 13 heavy (non-hydrogen) atoms. The lowest BCUT2D eigenvalue weighted by atomic mass is 10.4. The fourth-order valence-corrected chi connectivity index (χ4v) is 1.50. The van der Waals surface area contributed by atoms with Gasteiger partial charge in [-0.15, -0.1) is 0 Å². The molecule has 0 radical (unpaired) electrons. The molecule has 0 aromatic rings. The van der Waals surface area contributed by atoms with Crippen LogP contribution in [0.4, 0.5) is 0 Å². The molecule has 0 N–H and O–H groups in total. The Morgan fingerprint density at radius 3 is 2.85 bits per heavy atom. The van der Waals surface area contributed by atoms with E-state index in [1.54, 1.807) is 0 Å². The van der Waals surface area contributed by atoms with Crippen LogP contribution in [-0.4, -0.2) is 36.4 Å². The van der Waals surface area contributed by atoms with Crippen LogP contribution in [0, 0.1) is 0 Å². The number of hydrogen-bond acceptors (Lipinski definition) is 4. The number of nitrogens with zero attached hydrogens (tertiary/aromatic N) is 1.